The third-order valence-electron chi connectivity index (χ3n) is 2.65. The molecule has 0 aliphatic heterocycles. The molecule has 1 heterocycles. The van der Waals surface area contributed by atoms with Crippen molar-refractivity contribution >= 4 is 57.0 Å². The average molecular weight is 331 g/mol. The highest BCUT2D eigenvalue weighted by atomic mass is 35.5. The fraction of sp³-hybridized carbons (Fsp3) is 0.167. The molecule has 0 fully saturated rings. The smallest absolute Gasteiger partial charge is 0.260 e. The van der Waals surface area contributed by atoms with Gasteiger partial charge in [-0.05, 0) is 30.6 Å². The molecule has 2 rings (SSSR count). The van der Waals surface area contributed by atoms with Crippen molar-refractivity contribution < 1.29 is 4.79 Å². The number of nitrogens with two attached hydrogens (primary N) is 1. The van der Waals surface area contributed by atoms with Crippen LogP contribution < -0.4 is 16.4 Å². The highest BCUT2D eigenvalue weighted by Gasteiger charge is 2.18. The molecule has 0 spiro atoms. The summed E-state index contributed by atoms with van der Waals surface area (Å²) < 4.78 is 4.15. The first kappa shape index (κ1) is 14.9. The third kappa shape index (κ3) is 2.82. The summed E-state index contributed by atoms with van der Waals surface area (Å²) in [6, 6.07) is 3.10. The number of nitrogens with one attached hydrogen (secondary N) is 2. The highest BCUT2D eigenvalue weighted by molar-refractivity contribution is 7.10. The number of nitrogens with zero attached hydrogens (tertiary/aromatic N) is 1. The van der Waals surface area contributed by atoms with Crippen LogP contribution in [0, 0.1) is 6.92 Å². The van der Waals surface area contributed by atoms with Crippen LogP contribution in [0.15, 0.2) is 12.1 Å². The molecule has 4 N–H and O–H groups in total. The van der Waals surface area contributed by atoms with Gasteiger partial charge in [0.15, 0.2) is 0 Å². The number of hydrogen-bond acceptors (Lipinski definition) is 5. The Morgan fingerprint density at radius 2 is 1.95 bits per heavy atom. The van der Waals surface area contributed by atoms with Gasteiger partial charge < -0.3 is 16.4 Å². The molecule has 1 aromatic carbocycles. The zero-order valence-electron chi connectivity index (χ0n) is 10.8. The van der Waals surface area contributed by atoms with E-state index in [0.29, 0.717) is 32.0 Å². The first-order valence-corrected chi connectivity index (χ1v) is 7.17. The predicted octanol–water partition coefficient (Wildman–Crippen LogP) is 3.63. The molecule has 2 aromatic rings. The molecule has 0 saturated heterocycles. The van der Waals surface area contributed by atoms with Gasteiger partial charge in [0.1, 0.15) is 5.00 Å². The van der Waals surface area contributed by atoms with E-state index in [9.17, 15) is 4.79 Å². The van der Waals surface area contributed by atoms with Gasteiger partial charge >= 0.3 is 0 Å². The van der Waals surface area contributed by atoms with Crippen LogP contribution in [-0.4, -0.2) is 17.3 Å². The molecule has 0 bridgehead atoms. The summed E-state index contributed by atoms with van der Waals surface area (Å²) in [6.07, 6.45) is 0. The SMILES string of the molecule is CNc1snc(C)c1C(=O)Nc1cc(Cl)c(N)c(Cl)c1. The van der Waals surface area contributed by atoms with Crippen molar-refractivity contribution in [2.45, 2.75) is 6.92 Å². The number of carbonyl (C=O) groups excluding carboxylic acids is 1. The van der Waals surface area contributed by atoms with Gasteiger partial charge in [-0.3, -0.25) is 4.79 Å². The van der Waals surface area contributed by atoms with Crippen LogP contribution in [0.25, 0.3) is 0 Å². The van der Waals surface area contributed by atoms with E-state index in [0.717, 1.165) is 0 Å². The summed E-state index contributed by atoms with van der Waals surface area (Å²) in [6.45, 7) is 1.77. The van der Waals surface area contributed by atoms with Crippen molar-refractivity contribution in [1.29, 1.82) is 0 Å². The maximum absolute atomic E-state index is 12.3. The van der Waals surface area contributed by atoms with E-state index in [1.54, 1.807) is 26.1 Å². The number of carbonyl (C=O) groups is 1. The summed E-state index contributed by atoms with van der Waals surface area (Å²) in [4.78, 5) is 12.3. The Morgan fingerprint density at radius 3 is 2.50 bits per heavy atom. The lowest BCUT2D eigenvalue weighted by Gasteiger charge is -2.09. The van der Waals surface area contributed by atoms with Crippen LogP contribution in [0.2, 0.25) is 10.0 Å². The first-order valence-electron chi connectivity index (χ1n) is 5.64. The lowest BCUT2D eigenvalue weighted by Crippen LogP contribution is -2.14. The van der Waals surface area contributed by atoms with E-state index in [4.69, 9.17) is 28.9 Å². The third-order valence-corrected chi connectivity index (χ3v) is 4.24. The molecule has 0 unspecified atom stereocenters. The van der Waals surface area contributed by atoms with Crippen LogP contribution in [0.1, 0.15) is 16.1 Å². The van der Waals surface area contributed by atoms with Gasteiger partial charge in [0, 0.05) is 12.7 Å². The molecule has 0 atom stereocenters. The molecule has 5 nitrogen and oxygen atoms in total. The number of anilines is 3. The van der Waals surface area contributed by atoms with Crippen molar-refractivity contribution in [3.05, 3.63) is 33.4 Å². The Bertz CT molecular complexity index is 648. The Labute approximate surface area is 130 Å². The van der Waals surface area contributed by atoms with E-state index >= 15 is 0 Å². The van der Waals surface area contributed by atoms with Gasteiger partial charge in [-0.25, -0.2) is 0 Å². The molecular weight excluding hydrogens is 319 g/mol. The van der Waals surface area contributed by atoms with Gasteiger partial charge in [-0.2, -0.15) is 4.37 Å². The van der Waals surface area contributed by atoms with Crippen LogP contribution in [-0.2, 0) is 0 Å². The fourth-order valence-corrected chi connectivity index (χ4v) is 2.89. The van der Waals surface area contributed by atoms with Crippen LogP contribution >= 0.6 is 34.7 Å². The number of rotatable bonds is 3. The minimum Gasteiger partial charge on any atom is -0.396 e. The van der Waals surface area contributed by atoms with Crippen molar-refractivity contribution in [3.8, 4) is 0 Å². The minimum absolute atomic E-state index is 0.280. The first-order chi connectivity index (χ1) is 9.43. The average Bonchev–Trinajstić information content (AvgIpc) is 2.77. The van der Waals surface area contributed by atoms with Crippen molar-refractivity contribution in [2.24, 2.45) is 0 Å². The Kier molecular flexibility index (Phi) is 4.37. The highest BCUT2D eigenvalue weighted by Crippen LogP contribution is 2.32. The van der Waals surface area contributed by atoms with Crippen molar-refractivity contribution in [2.75, 3.05) is 23.4 Å². The Morgan fingerprint density at radius 1 is 1.35 bits per heavy atom. The van der Waals surface area contributed by atoms with Crippen molar-refractivity contribution in [1.82, 2.24) is 4.37 Å². The molecule has 1 aromatic heterocycles. The zero-order valence-corrected chi connectivity index (χ0v) is 13.1. The second-order valence-electron chi connectivity index (χ2n) is 4.03. The predicted molar refractivity (Wildman–Crippen MR) is 85.2 cm³/mol. The van der Waals surface area contributed by atoms with E-state index in [1.807, 2.05) is 0 Å². The molecule has 1 amide bonds. The van der Waals surface area contributed by atoms with Crippen molar-refractivity contribution in [3.63, 3.8) is 0 Å². The van der Waals surface area contributed by atoms with E-state index in [2.05, 4.69) is 15.0 Å². The number of aryl methyl sites for hydroxylation is 1. The van der Waals surface area contributed by atoms with Crippen LogP contribution in [0.3, 0.4) is 0 Å². The normalized spacial score (nSPS) is 10.4. The second-order valence-corrected chi connectivity index (χ2v) is 5.62. The van der Waals surface area contributed by atoms with E-state index < -0.39 is 0 Å². The fourth-order valence-electron chi connectivity index (χ4n) is 1.66. The molecule has 20 heavy (non-hydrogen) atoms. The molecule has 0 aliphatic carbocycles. The number of nitrogen functional groups attached to an aromatic ring is 1. The number of halogens is 2. The summed E-state index contributed by atoms with van der Waals surface area (Å²) in [5.41, 5.74) is 7.58. The maximum atomic E-state index is 12.3. The number of hydrogen-bond donors (Lipinski definition) is 3. The number of aromatic nitrogens is 1. The summed E-state index contributed by atoms with van der Waals surface area (Å²) in [7, 11) is 1.74. The van der Waals surface area contributed by atoms with Gasteiger partial charge in [-0.15, -0.1) is 0 Å². The Hall–Kier alpha value is -1.50. The summed E-state index contributed by atoms with van der Waals surface area (Å²) in [5, 5.41) is 6.96. The number of amides is 1. The molecular formula is C12H12Cl2N4OS. The monoisotopic (exact) mass is 330 g/mol. The quantitative estimate of drug-likeness (QED) is 0.750. The summed E-state index contributed by atoms with van der Waals surface area (Å²) in [5.74, 6) is -0.280. The lowest BCUT2D eigenvalue weighted by molar-refractivity contribution is 0.102. The lowest BCUT2D eigenvalue weighted by atomic mass is 10.2. The van der Waals surface area contributed by atoms with Gasteiger partial charge in [-0.1, -0.05) is 23.2 Å². The topological polar surface area (TPSA) is 80.0 Å². The van der Waals surface area contributed by atoms with Crippen LogP contribution in [0.5, 0.6) is 0 Å². The molecule has 0 saturated carbocycles. The standard InChI is InChI=1S/C12H12Cl2N4OS/c1-5-9(12(16-2)20-18-5)11(19)17-6-3-7(13)10(15)8(14)4-6/h3-4,16H,15H2,1-2H3,(H,17,19). The van der Waals surface area contributed by atoms with E-state index in [-0.39, 0.29) is 11.6 Å². The second kappa shape index (κ2) is 5.87. The summed E-state index contributed by atoms with van der Waals surface area (Å²) >= 11 is 13.1. The van der Waals surface area contributed by atoms with E-state index in [1.165, 1.54) is 11.5 Å². The minimum atomic E-state index is -0.280. The van der Waals surface area contributed by atoms with Gasteiger partial charge in [0.25, 0.3) is 5.91 Å². The van der Waals surface area contributed by atoms with Crippen LogP contribution in [0.4, 0.5) is 16.4 Å². The number of benzene rings is 1. The molecule has 0 aliphatic rings. The van der Waals surface area contributed by atoms with Gasteiger partial charge in [0.2, 0.25) is 0 Å². The Balaban J connectivity index is 2.30. The molecule has 106 valence electrons. The van der Waals surface area contributed by atoms with Gasteiger partial charge in [0.05, 0.1) is 27.0 Å². The molecule has 0 radical (unpaired) electrons. The largest absolute Gasteiger partial charge is 0.396 e. The maximum Gasteiger partial charge on any atom is 0.260 e. The zero-order chi connectivity index (χ0) is 14.9. The molecule has 8 heteroatoms.